The summed E-state index contributed by atoms with van der Waals surface area (Å²) < 4.78 is 50.2. The first-order chi connectivity index (χ1) is 13.7. The number of rotatable bonds is 5. The van der Waals surface area contributed by atoms with E-state index in [0.717, 1.165) is 16.8 Å². The van der Waals surface area contributed by atoms with Crippen molar-refractivity contribution in [2.24, 2.45) is 0 Å². The number of ether oxygens (including phenoxy) is 2. The lowest BCUT2D eigenvalue weighted by molar-refractivity contribution is -0.137. The van der Waals surface area contributed by atoms with Gasteiger partial charge in [0.15, 0.2) is 11.4 Å². The van der Waals surface area contributed by atoms with Gasteiger partial charge in [0.25, 0.3) is 5.91 Å². The summed E-state index contributed by atoms with van der Waals surface area (Å²) in [5.74, 6) is -0.0793. The van der Waals surface area contributed by atoms with Crippen LogP contribution in [-0.2, 0) is 6.18 Å². The first-order valence-corrected chi connectivity index (χ1v) is 8.57. The third kappa shape index (κ3) is 4.45. The number of hydrogen-bond donors (Lipinski definition) is 1. The normalized spacial score (nSPS) is 11.2. The molecule has 1 aromatic heterocycles. The van der Waals surface area contributed by atoms with Gasteiger partial charge in [0.1, 0.15) is 5.75 Å². The Morgan fingerprint density at radius 3 is 2.45 bits per heavy atom. The molecule has 10 heteroatoms. The number of carbonyl (C=O) groups is 1. The molecule has 0 unspecified atom stereocenters. The Balaban J connectivity index is 1.90. The molecule has 2 aromatic carbocycles. The number of aromatic nitrogens is 2. The van der Waals surface area contributed by atoms with Crippen LogP contribution < -0.4 is 14.8 Å². The molecule has 0 aliphatic heterocycles. The van der Waals surface area contributed by atoms with Crippen molar-refractivity contribution in [2.75, 3.05) is 19.5 Å². The van der Waals surface area contributed by atoms with Gasteiger partial charge in [-0.3, -0.25) is 4.79 Å². The molecular formula is C19H15ClF3N3O3. The molecule has 6 nitrogen and oxygen atoms in total. The number of nitrogens with one attached hydrogen (secondary N) is 1. The lowest BCUT2D eigenvalue weighted by atomic mass is 10.2. The second-order valence-corrected chi connectivity index (χ2v) is 6.25. The van der Waals surface area contributed by atoms with Gasteiger partial charge in [-0.1, -0.05) is 17.7 Å². The molecule has 0 radical (unpaired) electrons. The van der Waals surface area contributed by atoms with Crippen molar-refractivity contribution in [1.29, 1.82) is 0 Å². The average Bonchev–Trinajstić information content (AvgIpc) is 3.12. The van der Waals surface area contributed by atoms with Gasteiger partial charge in [0.2, 0.25) is 0 Å². The topological polar surface area (TPSA) is 65.4 Å². The van der Waals surface area contributed by atoms with Gasteiger partial charge in [-0.2, -0.15) is 18.3 Å². The van der Waals surface area contributed by atoms with Crippen molar-refractivity contribution >= 4 is 23.2 Å². The lowest BCUT2D eigenvalue weighted by Gasteiger charge is -2.08. The van der Waals surface area contributed by atoms with Gasteiger partial charge in [-0.25, -0.2) is 4.68 Å². The molecular weight excluding hydrogens is 411 g/mol. The fraction of sp³-hybridized carbons (Fsp3) is 0.158. The Kier molecular flexibility index (Phi) is 5.69. The zero-order valence-corrected chi connectivity index (χ0v) is 16.0. The SMILES string of the molecule is COc1ccc(NC(=O)c2nn(-c3cccc(C(F)(F)F)c3)cc2OC)cc1Cl. The van der Waals surface area contributed by atoms with Gasteiger partial charge >= 0.3 is 6.18 Å². The number of amides is 1. The first kappa shape index (κ1) is 20.5. The number of anilines is 1. The molecule has 1 N–H and O–H groups in total. The van der Waals surface area contributed by atoms with Gasteiger partial charge in [0.05, 0.1) is 36.7 Å². The Morgan fingerprint density at radius 2 is 1.83 bits per heavy atom. The molecule has 29 heavy (non-hydrogen) atoms. The summed E-state index contributed by atoms with van der Waals surface area (Å²) in [4.78, 5) is 12.6. The standard InChI is InChI=1S/C19H15ClF3N3O3/c1-28-15-7-6-12(9-14(15)20)24-18(27)17-16(29-2)10-26(25-17)13-5-3-4-11(8-13)19(21,22)23/h3-10H,1-2H3,(H,24,27). The van der Waals surface area contributed by atoms with Crippen LogP contribution in [0.1, 0.15) is 16.1 Å². The Bertz CT molecular complexity index is 1050. The molecule has 0 aliphatic rings. The average molecular weight is 426 g/mol. The summed E-state index contributed by atoms with van der Waals surface area (Å²) in [5.41, 5.74) is -0.415. The zero-order chi connectivity index (χ0) is 21.2. The minimum absolute atomic E-state index is 0.0968. The summed E-state index contributed by atoms with van der Waals surface area (Å²) in [6.45, 7) is 0. The van der Waals surface area contributed by atoms with E-state index in [1.807, 2.05) is 0 Å². The number of hydrogen-bond acceptors (Lipinski definition) is 4. The molecule has 0 spiro atoms. The Morgan fingerprint density at radius 1 is 1.10 bits per heavy atom. The monoisotopic (exact) mass is 425 g/mol. The zero-order valence-electron chi connectivity index (χ0n) is 15.2. The predicted octanol–water partition coefficient (Wildman–Crippen LogP) is 4.81. The highest BCUT2D eigenvalue weighted by Gasteiger charge is 2.30. The maximum atomic E-state index is 13.0. The second-order valence-electron chi connectivity index (χ2n) is 5.84. The number of alkyl halides is 3. The van der Waals surface area contributed by atoms with Crippen LogP contribution in [-0.4, -0.2) is 29.9 Å². The maximum Gasteiger partial charge on any atom is 0.416 e. The van der Waals surface area contributed by atoms with Crippen molar-refractivity contribution in [3.63, 3.8) is 0 Å². The molecule has 3 rings (SSSR count). The summed E-state index contributed by atoms with van der Waals surface area (Å²) in [6.07, 6.45) is -3.17. The summed E-state index contributed by atoms with van der Waals surface area (Å²) >= 11 is 6.04. The van der Waals surface area contributed by atoms with Crippen LogP contribution in [0.3, 0.4) is 0 Å². The first-order valence-electron chi connectivity index (χ1n) is 8.19. The largest absolute Gasteiger partial charge is 0.495 e. The van der Waals surface area contributed by atoms with Crippen LogP contribution in [0.25, 0.3) is 5.69 Å². The number of carbonyl (C=O) groups excluding carboxylic acids is 1. The lowest BCUT2D eigenvalue weighted by Crippen LogP contribution is -2.14. The van der Waals surface area contributed by atoms with Crippen LogP contribution in [0.4, 0.5) is 18.9 Å². The molecule has 0 saturated carbocycles. The molecule has 3 aromatic rings. The molecule has 1 amide bonds. The number of halogens is 4. The molecule has 1 heterocycles. The van der Waals surface area contributed by atoms with E-state index in [2.05, 4.69) is 10.4 Å². The van der Waals surface area contributed by atoms with Crippen LogP contribution in [0.2, 0.25) is 5.02 Å². The Labute approximate surface area is 168 Å². The van der Waals surface area contributed by atoms with Crippen LogP contribution >= 0.6 is 11.6 Å². The highest BCUT2D eigenvalue weighted by molar-refractivity contribution is 6.32. The highest BCUT2D eigenvalue weighted by atomic mass is 35.5. The minimum atomic E-state index is -4.50. The third-order valence-electron chi connectivity index (χ3n) is 3.96. The second kappa shape index (κ2) is 8.04. The molecule has 0 fully saturated rings. The van der Waals surface area contributed by atoms with Crippen molar-refractivity contribution in [3.8, 4) is 17.2 Å². The minimum Gasteiger partial charge on any atom is -0.495 e. The molecule has 0 bridgehead atoms. The molecule has 0 atom stereocenters. The van der Waals surface area contributed by atoms with E-state index in [0.29, 0.717) is 16.5 Å². The van der Waals surface area contributed by atoms with Crippen LogP contribution in [0.5, 0.6) is 11.5 Å². The van der Waals surface area contributed by atoms with E-state index in [4.69, 9.17) is 21.1 Å². The smallest absolute Gasteiger partial charge is 0.416 e. The maximum absolute atomic E-state index is 13.0. The van der Waals surface area contributed by atoms with Crippen LogP contribution in [0, 0.1) is 0 Å². The third-order valence-corrected chi connectivity index (χ3v) is 4.26. The van der Waals surface area contributed by atoms with E-state index in [1.54, 1.807) is 12.1 Å². The number of benzene rings is 2. The summed E-state index contributed by atoms with van der Waals surface area (Å²) in [7, 11) is 2.79. The van der Waals surface area contributed by atoms with Gasteiger partial charge in [-0.05, 0) is 36.4 Å². The molecule has 152 valence electrons. The van der Waals surface area contributed by atoms with Crippen molar-refractivity contribution < 1.29 is 27.4 Å². The quantitative estimate of drug-likeness (QED) is 0.637. The molecule has 0 saturated heterocycles. The van der Waals surface area contributed by atoms with Gasteiger partial charge in [0, 0.05) is 5.69 Å². The molecule has 0 aliphatic carbocycles. The number of nitrogens with zero attached hydrogens (tertiary/aromatic N) is 2. The van der Waals surface area contributed by atoms with Crippen LogP contribution in [0.15, 0.2) is 48.7 Å². The fourth-order valence-corrected chi connectivity index (χ4v) is 2.81. The van der Waals surface area contributed by atoms with E-state index in [1.165, 1.54) is 38.6 Å². The predicted molar refractivity (Wildman–Crippen MR) is 101 cm³/mol. The van der Waals surface area contributed by atoms with Crippen molar-refractivity contribution in [1.82, 2.24) is 9.78 Å². The van der Waals surface area contributed by atoms with E-state index in [9.17, 15) is 18.0 Å². The Hall–Kier alpha value is -3.20. The number of methoxy groups -OCH3 is 2. The van der Waals surface area contributed by atoms with Crippen molar-refractivity contribution in [2.45, 2.75) is 6.18 Å². The van der Waals surface area contributed by atoms with Gasteiger partial charge < -0.3 is 14.8 Å². The fourth-order valence-electron chi connectivity index (χ4n) is 2.56. The van der Waals surface area contributed by atoms with Crippen molar-refractivity contribution in [3.05, 3.63) is 64.9 Å². The summed E-state index contributed by atoms with van der Waals surface area (Å²) in [5, 5.41) is 6.99. The van der Waals surface area contributed by atoms with E-state index < -0.39 is 17.6 Å². The highest BCUT2D eigenvalue weighted by Crippen LogP contribution is 2.31. The van der Waals surface area contributed by atoms with E-state index >= 15 is 0 Å². The summed E-state index contributed by atoms with van der Waals surface area (Å²) in [6, 6.07) is 9.23. The van der Waals surface area contributed by atoms with Gasteiger partial charge in [-0.15, -0.1) is 0 Å². The van der Waals surface area contributed by atoms with E-state index in [-0.39, 0.29) is 17.1 Å².